The predicted molar refractivity (Wildman–Crippen MR) is 96.9 cm³/mol. The number of carbonyl (C=O) groups excluding carboxylic acids is 2. The van der Waals surface area contributed by atoms with E-state index in [1.807, 2.05) is 12.1 Å². The summed E-state index contributed by atoms with van der Waals surface area (Å²) in [4.78, 5) is 29.4. The third kappa shape index (κ3) is 2.78. The van der Waals surface area contributed by atoms with E-state index in [1.54, 1.807) is 0 Å². The zero-order valence-electron chi connectivity index (χ0n) is 15.2. The van der Waals surface area contributed by atoms with Crippen LogP contribution in [-0.2, 0) is 22.4 Å². The average molecular weight is 354 g/mol. The highest BCUT2D eigenvalue weighted by atomic mass is 16.5. The van der Waals surface area contributed by atoms with Gasteiger partial charge in [-0.05, 0) is 48.3 Å². The van der Waals surface area contributed by atoms with Gasteiger partial charge in [0.1, 0.15) is 5.75 Å². The van der Waals surface area contributed by atoms with Crippen LogP contribution in [0.2, 0.25) is 0 Å². The summed E-state index contributed by atoms with van der Waals surface area (Å²) in [7, 11) is 0. The molecule has 0 saturated carbocycles. The number of amides is 2. The highest BCUT2D eigenvalue weighted by Crippen LogP contribution is 2.38. The van der Waals surface area contributed by atoms with Crippen molar-refractivity contribution < 1.29 is 14.3 Å². The van der Waals surface area contributed by atoms with Crippen molar-refractivity contribution in [2.75, 3.05) is 26.2 Å². The smallest absolute Gasteiger partial charge is 0.227 e. The molecule has 3 fully saturated rings. The molecule has 0 radical (unpaired) electrons. The molecule has 0 aromatic heterocycles. The van der Waals surface area contributed by atoms with Crippen LogP contribution in [0.5, 0.6) is 5.75 Å². The Kier molecular flexibility index (Phi) is 3.91. The van der Waals surface area contributed by atoms with Crippen molar-refractivity contribution in [1.82, 2.24) is 9.80 Å². The van der Waals surface area contributed by atoms with Gasteiger partial charge in [-0.15, -0.1) is 0 Å². The van der Waals surface area contributed by atoms with Crippen molar-refractivity contribution in [1.29, 1.82) is 0 Å². The third-order valence-electron chi connectivity index (χ3n) is 6.64. The van der Waals surface area contributed by atoms with E-state index in [0.717, 1.165) is 56.8 Å². The van der Waals surface area contributed by atoms with Crippen molar-refractivity contribution in [3.63, 3.8) is 0 Å². The number of nitrogens with zero attached hydrogens (tertiary/aromatic N) is 2. The van der Waals surface area contributed by atoms with Gasteiger partial charge in [0.2, 0.25) is 11.8 Å². The lowest BCUT2D eigenvalue weighted by Gasteiger charge is -2.52. The SMILES string of the molecule is O=C(Cc1ccc2c(c1)CCO2)N1C[C@H]2C[C@@H](C1)C1CCCC(=O)N1C2. The quantitative estimate of drug-likeness (QED) is 0.816. The van der Waals surface area contributed by atoms with Gasteiger partial charge in [-0.25, -0.2) is 0 Å². The van der Waals surface area contributed by atoms with E-state index < -0.39 is 0 Å². The first-order valence-corrected chi connectivity index (χ1v) is 9.99. The molecule has 4 heterocycles. The van der Waals surface area contributed by atoms with Gasteiger partial charge in [0, 0.05) is 38.5 Å². The number of hydrogen-bond donors (Lipinski definition) is 0. The Morgan fingerprint density at radius 3 is 3.04 bits per heavy atom. The molecule has 0 aliphatic carbocycles. The first-order chi connectivity index (χ1) is 12.7. The fourth-order valence-corrected chi connectivity index (χ4v) is 5.45. The molecule has 2 amide bonds. The Bertz CT molecular complexity index is 747. The molecule has 5 heteroatoms. The molecule has 1 unspecified atom stereocenters. The van der Waals surface area contributed by atoms with E-state index in [0.29, 0.717) is 36.6 Å². The van der Waals surface area contributed by atoms with E-state index in [4.69, 9.17) is 4.74 Å². The average Bonchev–Trinajstić information content (AvgIpc) is 3.10. The monoisotopic (exact) mass is 354 g/mol. The number of ether oxygens (including phenoxy) is 1. The lowest BCUT2D eigenvalue weighted by atomic mass is 9.76. The molecule has 3 saturated heterocycles. The van der Waals surface area contributed by atoms with Crippen LogP contribution in [-0.4, -0.2) is 53.9 Å². The second-order valence-electron chi connectivity index (χ2n) is 8.38. The predicted octanol–water partition coefficient (Wildman–Crippen LogP) is 2.02. The zero-order valence-corrected chi connectivity index (χ0v) is 15.2. The Morgan fingerprint density at radius 1 is 1.19 bits per heavy atom. The molecule has 26 heavy (non-hydrogen) atoms. The molecule has 5 nitrogen and oxygen atoms in total. The summed E-state index contributed by atoms with van der Waals surface area (Å²) in [5.74, 6) is 2.44. The van der Waals surface area contributed by atoms with Crippen LogP contribution in [0.15, 0.2) is 18.2 Å². The maximum atomic E-state index is 12.9. The molecule has 0 N–H and O–H groups in total. The van der Waals surface area contributed by atoms with Crippen LogP contribution >= 0.6 is 0 Å². The van der Waals surface area contributed by atoms with Crippen molar-refractivity contribution in [3.8, 4) is 5.75 Å². The minimum Gasteiger partial charge on any atom is -0.493 e. The Morgan fingerprint density at radius 2 is 2.12 bits per heavy atom. The number of likely N-dealkylation sites (tertiary alicyclic amines) is 1. The molecular formula is C21H26N2O3. The van der Waals surface area contributed by atoms with Crippen LogP contribution in [0.4, 0.5) is 0 Å². The van der Waals surface area contributed by atoms with Crippen LogP contribution in [0.1, 0.15) is 36.8 Å². The van der Waals surface area contributed by atoms with E-state index in [9.17, 15) is 9.59 Å². The van der Waals surface area contributed by atoms with Crippen LogP contribution in [0, 0.1) is 11.8 Å². The molecule has 3 atom stereocenters. The van der Waals surface area contributed by atoms with Gasteiger partial charge in [-0.2, -0.15) is 0 Å². The molecule has 1 aromatic carbocycles. The zero-order chi connectivity index (χ0) is 17.7. The standard InChI is InChI=1S/C21H26N2O3/c24-20-3-1-2-18-17-9-15(12-23(18)20)11-22(13-17)21(25)10-14-4-5-19-16(8-14)6-7-26-19/h4-5,8,15,17-18H,1-3,6-7,9-13H2/t15-,17+,18?/m1/s1. The molecular weight excluding hydrogens is 328 g/mol. The number of rotatable bonds is 2. The minimum absolute atomic E-state index is 0.231. The highest BCUT2D eigenvalue weighted by Gasteiger charge is 2.44. The van der Waals surface area contributed by atoms with Crippen LogP contribution in [0.25, 0.3) is 0 Å². The summed E-state index contributed by atoms with van der Waals surface area (Å²) in [6.45, 7) is 3.22. The number of piperidine rings is 3. The summed E-state index contributed by atoms with van der Waals surface area (Å²) in [6, 6.07) is 6.52. The second kappa shape index (κ2) is 6.29. The molecule has 4 aliphatic heterocycles. The first kappa shape index (κ1) is 16.2. The molecule has 138 valence electrons. The molecule has 4 aliphatic rings. The van der Waals surface area contributed by atoms with Gasteiger partial charge in [0.25, 0.3) is 0 Å². The van der Waals surface area contributed by atoms with Gasteiger partial charge in [0.15, 0.2) is 0 Å². The summed E-state index contributed by atoms with van der Waals surface area (Å²) in [5.41, 5.74) is 2.31. The van der Waals surface area contributed by atoms with E-state index in [1.165, 1.54) is 12.0 Å². The third-order valence-corrected chi connectivity index (χ3v) is 6.64. The van der Waals surface area contributed by atoms with Gasteiger partial charge in [-0.1, -0.05) is 12.1 Å². The summed E-state index contributed by atoms with van der Waals surface area (Å²) in [5, 5.41) is 0. The molecule has 2 bridgehead atoms. The Hall–Kier alpha value is -2.04. The largest absolute Gasteiger partial charge is 0.493 e. The molecule has 0 spiro atoms. The van der Waals surface area contributed by atoms with Gasteiger partial charge in [0.05, 0.1) is 13.0 Å². The first-order valence-electron chi connectivity index (χ1n) is 9.99. The van der Waals surface area contributed by atoms with Crippen LogP contribution < -0.4 is 4.74 Å². The molecule has 1 aromatic rings. The van der Waals surface area contributed by atoms with Gasteiger partial charge >= 0.3 is 0 Å². The summed E-state index contributed by atoms with van der Waals surface area (Å²) in [6.07, 6.45) is 5.41. The van der Waals surface area contributed by atoms with Gasteiger partial charge in [-0.3, -0.25) is 9.59 Å². The topological polar surface area (TPSA) is 49.9 Å². The number of fused-ring (bicyclic) bond motifs is 5. The number of hydrogen-bond acceptors (Lipinski definition) is 3. The van der Waals surface area contributed by atoms with Crippen molar-refractivity contribution in [2.45, 2.75) is 44.6 Å². The van der Waals surface area contributed by atoms with E-state index >= 15 is 0 Å². The lowest BCUT2D eigenvalue weighted by molar-refractivity contribution is -0.148. The van der Waals surface area contributed by atoms with Crippen molar-refractivity contribution >= 4 is 11.8 Å². The highest BCUT2D eigenvalue weighted by molar-refractivity contribution is 5.80. The number of benzene rings is 1. The normalized spacial score (nSPS) is 29.8. The van der Waals surface area contributed by atoms with Crippen molar-refractivity contribution in [3.05, 3.63) is 29.3 Å². The van der Waals surface area contributed by atoms with E-state index in [2.05, 4.69) is 15.9 Å². The fourth-order valence-electron chi connectivity index (χ4n) is 5.45. The second-order valence-corrected chi connectivity index (χ2v) is 8.38. The Labute approximate surface area is 154 Å². The van der Waals surface area contributed by atoms with Gasteiger partial charge < -0.3 is 14.5 Å². The van der Waals surface area contributed by atoms with E-state index in [-0.39, 0.29) is 5.91 Å². The molecule has 5 rings (SSSR count). The summed E-state index contributed by atoms with van der Waals surface area (Å²) >= 11 is 0. The maximum absolute atomic E-state index is 12.9. The summed E-state index contributed by atoms with van der Waals surface area (Å²) < 4.78 is 5.56. The maximum Gasteiger partial charge on any atom is 0.227 e. The lowest BCUT2D eigenvalue weighted by Crippen LogP contribution is -2.61. The number of carbonyl (C=O) groups is 2. The minimum atomic E-state index is 0.231. The van der Waals surface area contributed by atoms with Crippen molar-refractivity contribution in [2.24, 2.45) is 11.8 Å². The Balaban J connectivity index is 1.28. The van der Waals surface area contributed by atoms with Crippen LogP contribution in [0.3, 0.4) is 0 Å². The fraction of sp³-hybridized carbons (Fsp3) is 0.619.